The molecule has 8 heteroatoms. The predicted molar refractivity (Wildman–Crippen MR) is 117 cm³/mol. The molecular weight excluding hydrogens is 395 g/mol. The maximum absolute atomic E-state index is 14.9. The standard InChI is InChI=1S/C23H17FN6O/c24-18-15-16(23-26-12-4-13-27-23)7-8-20(18)30-14-10-21(31)22(29-30)19(9-11-25)28-17-5-2-1-3-6-17/h1-15H,25H2. The highest BCUT2D eigenvalue weighted by molar-refractivity contribution is 6.08. The van der Waals surface area contributed by atoms with Crippen molar-refractivity contribution in [2.45, 2.75) is 0 Å². The summed E-state index contributed by atoms with van der Waals surface area (Å²) in [5.41, 5.74) is 6.82. The summed E-state index contributed by atoms with van der Waals surface area (Å²) in [5.74, 6) is -0.130. The van der Waals surface area contributed by atoms with Crippen LogP contribution >= 0.6 is 0 Å². The zero-order valence-electron chi connectivity index (χ0n) is 16.3. The second-order valence-electron chi connectivity index (χ2n) is 6.40. The first-order chi connectivity index (χ1) is 15.2. The van der Waals surface area contributed by atoms with Gasteiger partial charge in [-0.1, -0.05) is 18.2 Å². The molecule has 2 aromatic heterocycles. The molecule has 0 saturated carbocycles. The van der Waals surface area contributed by atoms with E-state index in [2.05, 4.69) is 20.1 Å². The van der Waals surface area contributed by atoms with Crippen molar-refractivity contribution in [2.24, 2.45) is 10.7 Å². The quantitative estimate of drug-likeness (QED) is 0.507. The molecule has 0 spiro atoms. The number of nitrogens with two attached hydrogens (primary N) is 1. The lowest BCUT2D eigenvalue weighted by atomic mass is 10.2. The van der Waals surface area contributed by atoms with Crippen molar-refractivity contribution in [3.8, 4) is 17.1 Å². The summed E-state index contributed by atoms with van der Waals surface area (Å²) in [4.78, 5) is 25.2. The number of aliphatic imine (C=N–C) groups is 1. The maximum atomic E-state index is 14.9. The van der Waals surface area contributed by atoms with E-state index in [1.807, 2.05) is 18.2 Å². The molecule has 0 aliphatic carbocycles. The number of benzene rings is 2. The highest BCUT2D eigenvalue weighted by atomic mass is 19.1. The highest BCUT2D eigenvalue weighted by Gasteiger charge is 2.13. The number of allylic oxidation sites excluding steroid dienone is 1. The summed E-state index contributed by atoms with van der Waals surface area (Å²) >= 11 is 0. The van der Waals surface area contributed by atoms with Crippen LogP contribution < -0.4 is 11.2 Å². The van der Waals surface area contributed by atoms with Gasteiger partial charge >= 0.3 is 0 Å². The minimum atomic E-state index is -0.539. The SMILES string of the molecule is NC=CC(=Nc1ccccc1)c1nn(-c2ccc(-c3ncccn3)cc2F)ccc1=O. The second kappa shape index (κ2) is 8.91. The van der Waals surface area contributed by atoms with Gasteiger partial charge in [0.05, 0.1) is 11.4 Å². The number of nitrogens with zero attached hydrogens (tertiary/aromatic N) is 5. The Labute approximate surface area is 177 Å². The summed E-state index contributed by atoms with van der Waals surface area (Å²) < 4.78 is 16.2. The van der Waals surface area contributed by atoms with Crippen LogP contribution in [-0.4, -0.2) is 25.5 Å². The number of hydrogen-bond donors (Lipinski definition) is 1. The van der Waals surface area contributed by atoms with Crippen LogP contribution in [0.2, 0.25) is 0 Å². The Morgan fingerprint density at radius 2 is 1.81 bits per heavy atom. The molecule has 0 atom stereocenters. The number of rotatable bonds is 5. The van der Waals surface area contributed by atoms with E-state index in [0.29, 0.717) is 17.1 Å². The normalized spacial score (nSPS) is 11.7. The van der Waals surface area contributed by atoms with Crippen molar-refractivity contribution in [1.29, 1.82) is 0 Å². The number of aromatic nitrogens is 4. The van der Waals surface area contributed by atoms with E-state index in [4.69, 9.17) is 5.73 Å². The predicted octanol–water partition coefficient (Wildman–Crippen LogP) is 3.42. The van der Waals surface area contributed by atoms with Gasteiger partial charge in [0.15, 0.2) is 11.5 Å². The van der Waals surface area contributed by atoms with E-state index in [1.165, 1.54) is 35.3 Å². The molecule has 4 rings (SSSR count). The van der Waals surface area contributed by atoms with Gasteiger partial charge in [0.1, 0.15) is 11.5 Å². The van der Waals surface area contributed by atoms with Gasteiger partial charge in [-0.2, -0.15) is 5.10 Å². The Balaban J connectivity index is 1.77. The molecule has 0 fully saturated rings. The molecule has 0 bridgehead atoms. The average Bonchev–Trinajstić information content (AvgIpc) is 2.80. The number of halogens is 1. The average molecular weight is 412 g/mol. The highest BCUT2D eigenvalue weighted by Crippen LogP contribution is 2.20. The summed E-state index contributed by atoms with van der Waals surface area (Å²) in [6.07, 6.45) is 7.32. The molecule has 152 valence electrons. The van der Waals surface area contributed by atoms with Crippen molar-refractivity contribution >= 4 is 11.4 Å². The van der Waals surface area contributed by atoms with E-state index in [-0.39, 0.29) is 22.5 Å². The van der Waals surface area contributed by atoms with Gasteiger partial charge in [-0.25, -0.2) is 24.0 Å². The summed E-state index contributed by atoms with van der Waals surface area (Å²) in [6.45, 7) is 0. The summed E-state index contributed by atoms with van der Waals surface area (Å²) in [5, 5.41) is 4.32. The van der Waals surface area contributed by atoms with Gasteiger partial charge in [0, 0.05) is 30.2 Å². The smallest absolute Gasteiger partial charge is 0.209 e. The fraction of sp³-hybridized carbons (Fsp3) is 0. The molecule has 31 heavy (non-hydrogen) atoms. The topological polar surface area (TPSA) is 99.1 Å². The Hall–Kier alpha value is -4.46. The van der Waals surface area contributed by atoms with Crippen molar-refractivity contribution in [1.82, 2.24) is 19.7 Å². The van der Waals surface area contributed by atoms with Gasteiger partial charge in [-0.3, -0.25) is 4.79 Å². The van der Waals surface area contributed by atoms with E-state index < -0.39 is 5.82 Å². The Morgan fingerprint density at radius 1 is 1.03 bits per heavy atom. The first-order valence-corrected chi connectivity index (χ1v) is 9.35. The molecule has 0 aliphatic heterocycles. The zero-order valence-corrected chi connectivity index (χ0v) is 16.3. The van der Waals surface area contributed by atoms with Crippen molar-refractivity contribution < 1.29 is 4.39 Å². The van der Waals surface area contributed by atoms with E-state index >= 15 is 0 Å². The lowest BCUT2D eigenvalue weighted by Gasteiger charge is -2.10. The third-order valence-electron chi connectivity index (χ3n) is 4.33. The van der Waals surface area contributed by atoms with Gasteiger partial charge < -0.3 is 5.73 Å². The molecule has 7 nitrogen and oxygen atoms in total. The number of hydrogen-bond acceptors (Lipinski definition) is 6. The van der Waals surface area contributed by atoms with Gasteiger partial charge in [0.2, 0.25) is 5.43 Å². The molecule has 0 unspecified atom stereocenters. The third kappa shape index (κ3) is 4.43. The Kier molecular flexibility index (Phi) is 5.70. The van der Waals surface area contributed by atoms with Crippen LogP contribution in [0.4, 0.5) is 10.1 Å². The van der Waals surface area contributed by atoms with E-state index in [1.54, 1.807) is 42.7 Å². The molecule has 2 N–H and O–H groups in total. The number of para-hydroxylation sites is 1. The minimum Gasteiger partial charge on any atom is -0.405 e. The first-order valence-electron chi connectivity index (χ1n) is 9.35. The molecule has 4 aromatic rings. The molecule has 0 radical (unpaired) electrons. The van der Waals surface area contributed by atoms with Crippen LogP contribution in [0.1, 0.15) is 5.69 Å². The van der Waals surface area contributed by atoms with Crippen LogP contribution in [0.15, 0.2) is 101 Å². The van der Waals surface area contributed by atoms with Crippen LogP contribution in [0, 0.1) is 5.82 Å². The second-order valence-corrected chi connectivity index (χ2v) is 6.40. The molecular formula is C23H17FN6O. The molecule has 2 heterocycles. The monoisotopic (exact) mass is 412 g/mol. The van der Waals surface area contributed by atoms with Crippen LogP contribution in [0.5, 0.6) is 0 Å². The van der Waals surface area contributed by atoms with E-state index in [0.717, 1.165) is 0 Å². The van der Waals surface area contributed by atoms with Gasteiger partial charge in [-0.05, 0) is 48.7 Å². The maximum Gasteiger partial charge on any atom is 0.209 e. The molecule has 0 amide bonds. The largest absolute Gasteiger partial charge is 0.405 e. The van der Waals surface area contributed by atoms with Crippen LogP contribution in [0.3, 0.4) is 0 Å². The van der Waals surface area contributed by atoms with E-state index in [9.17, 15) is 9.18 Å². The molecule has 2 aromatic carbocycles. The molecule has 0 saturated heterocycles. The van der Waals surface area contributed by atoms with Crippen molar-refractivity contribution in [3.63, 3.8) is 0 Å². The Bertz CT molecular complexity index is 1320. The minimum absolute atomic E-state index is 0.0444. The lowest BCUT2D eigenvalue weighted by Crippen LogP contribution is -2.20. The van der Waals surface area contributed by atoms with Gasteiger partial charge in [-0.15, -0.1) is 0 Å². The lowest BCUT2D eigenvalue weighted by molar-refractivity contribution is 0.608. The zero-order chi connectivity index (χ0) is 21.6. The third-order valence-corrected chi connectivity index (χ3v) is 4.33. The van der Waals surface area contributed by atoms with Crippen molar-refractivity contribution in [2.75, 3.05) is 0 Å². The first kappa shape index (κ1) is 19.8. The van der Waals surface area contributed by atoms with Gasteiger partial charge in [0.25, 0.3) is 0 Å². The molecule has 0 aliphatic rings. The fourth-order valence-corrected chi connectivity index (χ4v) is 2.90. The Morgan fingerprint density at radius 3 is 2.52 bits per heavy atom. The summed E-state index contributed by atoms with van der Waals surface area (Å²) in [6, 6.07) is 16.6. The van der Waals surface area contributed by atoms with Crippen molar-refractivity contribution in [3.05, 3.63) is 113 Å². The summed E-state index contributed by atoms with van der Waals surface area (Å²) in [7, 11) is 0. The van der Waals surface area contributed by atoms with Crippen LogP contribution in [0.25, 0.3) is 17.1 Å². The van der Waals surface area contributed by atoms with Crippen LogP contribution in [-0.2, 0) is 0 Å². The fourth-order valence-electron chi connectivity index (χ4n) is 2.90.